The highest BCUT2D eigenvalue weighted by Gasteiger charge is 2.04. The van der Waals surface area contributed by atoms with Crippen molar-refractivity contribution in [3.63, 3.8) is 0 Å². The summed E-state index contributed by atoms with van der Waals surface area (Å²) < 4.78 is 22.6. The first kappa shape index (κ1) is 17.9. The zero-order valence-corrected chi connectivity index (χ0v) is 14.7. The Balaban J connectivity index is 1.84. The van der Waals surface area contributed by atoms with E-state index < -0.39 is 9.84 Å². The van der Waals surface area contributed by atoms with Gasteiger partial charge in [-0.2, -0.15) is 0 Å². The van der Waals surface area contributed by atoms with Crippen molar-refractivity contribution in [2.24, 2.45) is 4.99 Å². The second-order valence-electron chi connectivity index (χ2n) is 5.49. The van der Waals surface area contributed by atoms with Gasteiger partial charge in [0, 0.05) is 26.0 Å². The normalized spacial score (nSPS) is 12.0. The number of nitrogens with zero attached hydrogens (tertiary/aromatic N) is 2. The Kier molecular flexibility index (Phi) is 6.31. The van der Waals surface area contributed by atoms with Crippen LogP contribution in [0.4, 0.5) is 0 Å². The molecule has 0 radical (unpaired) electrons. The molecule has 0 spiro atoms. The first-order valence-corrected chi connectivity index (χ1v) is 9.62. The Hall–Kier alpha value is -2.41. The van der Waals surface area contributed by atoms with Gasteiger partial charge in [0.2, 0.25) is 0 Å². The lowest BCUT2D eigenvalue weighted by molar-refractivity contribution is 0.601. The van der Waals surface area contributed by atoms with Crippen molar-refractivity contribution in [2.45, 2.75) is 18.8 Å². The van der Waals surface area contributed by atoms with Gasteiger partial charge in [-0.1, -0.05) is 30.3 Å². The molecule has 0 aliphatic rings. The fourth-order valence-electron chi connectivity index (χ4n) is 2.14. The van der Waals surface area contributed by atoms with E-state index in [1.807, 2.05) is 42.5 Å². The van der Waals surface area contributed by atoms with Gasteiger partial charge >= 0.3 is 0 Å². The van der Waals surface area contributed by atoms with Crippen molar-refractivity contribution in [3.05, 3.63) is 65.5 Å². The maximum Gasteiger partial charge on any atom is 0.191 e. The summed E-state index contributed by atoms with van der Waals surface area (Å²) in [7, 11) is -1.29. The third-order valence-electron chi connectivity index (χ3n) is 3.30. The van der Waals surface area contributed by atoms with Crippen LogP contribution in [-0.4, -0.2) is 32.7 Å². The molecule has 7 heteroatoms. The van der Waals surface area contributed by atoms with Crippen molar-refractivity contribution < 1.29 is 8.42 Å². The molecule has 0 saturated heterocycles. The Morgan fingerprint density at radius 1 is 1.04 bits per heavy atom. The van der Waals surface area contributed by atoms with Gasteiger partial charge in [0.1, 0.15) is 0 Å². The molecule has 1 aromatic carbocycles. The molecule has 0 atom stereocenters. The molecule has 0 bridgehead atoms. The van der Waals surface area contributed by atoms with Crippen molar-refractivity contribution in [1.29, 1.82) is 0 Å². The molecule has 2 N–H and O–H groups in total. The highest BCUT2D eigenvalue weighted by Crippen LogP contribution is 2.07. The average molecular weight is 346 g/mol. The molecule has 0 fully saturated rings. The molecular weight excluding hydrogens is 324 g/mol. The number of nitrogens with one attached hydrogen (secondary N) is 2. The summed E-state index contributed by atoms with van der Waals surface area (Å²) in [5.74, 6) is 0.745. The third kappa shape index (κ3) is 6.37. The van der Waals surface area contributed by atoms with E-state index in [9.17, 15) is 8.42 Å². The predicted octanol–water partition coefficient (Wildman–Crippen LogP) is 1.49. The summed E-state index contributed by atoms with van der Waals surface area (Å²) in [6.07, 6.45) is 2.99. The van der Waals surface area contributed by atoms with Crippen molar-refractivity contribution in [3.8, 4) is 0 Å². The zero-order valence-electron chi connectivity index (χ0n) is 13.9. The van der Waals surface area contributed by atoms with E-state index in [4.69, 9.17) is 0 Å². The number of rotatable bonds is 6. The van der Waals surface area contributed by atoms with Gasteiger partial charge < -0.3 is 10.6 Å². The Morgan fingerprint density at radius 3 is 2.29 bits per heavy atom. The topological polar surface area (TPSA) is 83.5 Å². The van der Waals surface area contributed by atoms with Crippen LogP contribution in [0.15, 0.2) is 53.7 Å². The third-order valence-corrected chi connectivity index (χ3v) is 4.16. The first-order chi connectivity index (χ1) is 11.5. The fourth-order valence-corrected chi connectivity index (χ4v) is 2.94. The van der Waals surface area contributed by atoms with E-state index in [0.717, 1.165) is 16.8 Å². The van der Waals surface area contributed by atoms with Crippen molar-refractivity contribution in [2.75, 3.05) is 13.3 Å². The van der Waals surface area contributed by atoms with Crippen molar-refractivity contribution in [1.82, 2.24) is 15.6 Å². The minimum atomic E-state index is -3.00. The van der Waals surface area contributed by atoms with Gasteiger partial charge in [0.25, 0.3) is 0 Å². The molecule has 0 unspecified atom stereocenters. The summed E-state index contributed by atoms with van der Waals surface area (Å²) in [5, 5.41) is 6.41. The molecule has 2 aromatic rings. The zero-order chi connectivity index (χ0) is 17.4. The van der Waals surface area contributed by atoms with E-state index in [2.05, 4.69) is 20.6 Å². The molecule has 2 rings (SSSR count). The van der Waals surface area contributed by atoms with Crippen LogP contribution in [0.5, 0.6) is 0 Å². The van der Waals surface area contributed by atoms with Gasteiger partial charge in [0.15, 0.2) is 15.8 Å². The van der Waals surface area contributed by atoms with E-state index in [1.165, 1.54) is 6.26 Å². The van der Waals surface area contributed by atoms with Crippen molar-refractivity contribution >= 4 is 15.8 Å². The van der Waals surface area contributed by atoms with E-state index in [-0.39, 0.29) is 5.75 Å². The van der Waals surface area contributed by atoms with Crippen LogP contribution in [0, 0.1) is 0 Å². The second kappa shape index (κ2) is 8.44. The van der Waals surface area contributed by atoms with Crippen LogP contribution in [0.3, 0.4) is 0 Å². The molecular formula is C17H22N4O2S. The molecule has 6 nitrogen and oxygen atoms in total. The largest absolute Gasteiger partial charge is 0.352 e. The van der Waals surface area contributed by atoms with Gasteiger partial charge in [0.05, 0.1) is 18.0 Å². The number of hydrogen-bond acceptors (Lipinski definition) is 4. The monoisotopic (exact) mass is 346 g/mol. The lowest BCUT2D eigenvalue weighted by Crippen LogP contribution is -2.36. The number of guanidine groups is 1. The van der Waals surface area contributed by atoms with E-state index in [0.29, 0.717) is 19.0 Å². The molecule has 0 saturated carbocycles. The van der Waals surface area contributed by atoms with Gasteiger partial charge in [-0.15, -0.1) is 0 Å². The van der Waals surface area contributed by atoms with Gasteiger partial charge in [-0.05, 0) is 23.3 Å². The van der Waals surface area contributed by atoms with Crippen LogP contribution in [0.2, 0.25) is 0 Å². The van der Waals surface area contributed by atoms with E-state index in [1.54, 1.807) is 13.2 Å². The highest BCUT2D eigenvalue weighted by atomic mass is 32.2. The molecule has 1 aromatic heterocycles. The first-order valence-electron chi connectivity index (χ1n) is 7.56. The smallest absolute Gasteiger partial charge is 0.191 e. The summed E-state index contributed by atoms with van der Waals surface area (Å²) >= 11 is 0. The predicted molar refractivity (Wildman–Crippen MR) is 96.3 cm³/mol. The molecule has 1 heterocycles. The lowest BCUT2D eigenvalue weighted by atomic mass is 10.1. The van der Waals surface area contributed by atoms with Crippen LogP contribution in [0.1, 0.15) is 16.8 Å². The minimum Gasteiger partial charge on any atom is -0.352 e. The summed E-state index contributed by atoms with van der Waals surface area (Å²) in [4.78, 5) is 8.42. The highest BCUT2D eigenvalue weighted by molar-refractivity contribution is 7.89. The van der Waals surface area contributed by atoms with Crippen LogP contribution >= 0.6 is 0 Å². The number of sulfone groups is 1. The fraction of sp³-hybridized carbons (Fsp3) is 0.294. The van der Waals surface area contributed by atoms with Gasteiger partial charge in [-0.25, -0.2) is 8.42 Å². The second-order valence-corrected chi connectivity index (χ2v) is 7.63. The number of aliphatic imine (C=N–C) groups is 1. The lowest BCUT2D eigenvalue weighted by Gasteiger charge is -2.12. The molecule has 0 aliphatic carbocycles. The summed E-state index contributed by atoms with van der Waals surface area (Å²) in [6, 6.07) is 13.3. The quantitative estimate of drug-likeness (QED) is 0.612. The minimum absolute atomic E-state index is 0.0635. The molecule has 24 heavy (non-hydrogen) atoms. The Morgan fingerprint density at radius 2 is 1.71 bits per heavy atom. The number of aromatic nitrogens is 1. The molecule has 128 valence electrons. The van der Waals surface area contributed by atoms with Crippen LogP contribution in [-0.2, 0) is 28.7 Å². The number of hydrogen-bond donors (Lipinski definition) is 2. The Labute approximate surface area is 143 Å². The summed E-state index contributed by atoms with van der Waals surface area (Å²) in [5.41, 5.74) is 2.78. The standard InChI is InChI=1S/C17H22N4O2S/c1-18-17(21-12-16-5-3-4-10-19-16)20-11-14-6-8-15(9-7-14)13-24(2,22)23/h3-10H,11-13H2,1-2H3,(H2,18,20,21). The SMILES string of the molecule is CN=C(NCc1ccc(CS(C)(=O)=O)cc1)NCc1ccccn1. The van der Waals surface area contributed by atoms with E-state index >= 15 is 0 Å². The maximum absolute atomic E-state index is 11.3. The Bertz CT molecular complexity index is 772. The molecule has 0 amide bonds. The van der Waals surface area contributed by atoms with Crippen LogP contribution < -0.4 is 10.6 Å². The summed E-state index contributed by atoms with van der Waals surface area (Å²) in [6.45, 7) is 1.19. The maximum atomic E-state index is 11.3. The average Bonchev–Trinajstić information content (AvgIpc) is 2.56. The van der Waals surface area contributed by atoms with Gasteiger partial charge in [-0.3, -0.25) is 9.98 Å². The number of pyridine rings is 1. The molecule has 0 aliphatic heterocycles. The number of benzene rings is 1. The van der Waals surface area contributed by atoms with Crippen LogP contribution in [0.25, 0.3) is 0 Å².